The maximum Gasteiger partial charge on any atom is 0.178 e. The van der Waals surface area contributed by atoms with Crippen LogP contribution in [0.4, 0.5) is 0 Å². The maximum atomic E-state index is 13.1. The van der Waals surface area contributed by atoms with Crippen molar-refractivity contribution < 1.29 is 13.2 Å². The van der Waals surface area contributed by atoms with Crippen LogP contribution in [0.15, 0.2) is 59.5 Å². The van der Waals surface area contributed by atoms with Gasteiger partial charge in [-0.1, -0.05) is 75.2 Å². The quantitative estimate of drug-likeness (QED) is 0.497. The number of rotatable bonds is 11. The van der Waals surface area contributed by atoms with E-state index in [2.05, 4.69) is 6.92 Å². The summed E-state index contributed by atoms with van der Waals surface area (Å²) in [6, 6.07) is 17.1. The van der Waals surface area contributed by atoms with Crippen LogP contribution in [0.1, 0.15) is 57.1 Å². The molecule has 0 amide bonds. The molecule has 2 rings (SSSR count). The third-order valence-electron chi connectivity index (χ3n) is 5.40. The molecular formula is C23H30O3S. The molecule has 0 spiro atoms. The molecule has 0 N–H and O–H groups in total. The first-order chi connectivity index (χ1) is 13.0. The van der Waals surface area contributed by atoms with Crippen molar-refractivity contribution in [2.24, 2.45) is 5.41 Å². The number of sulfone groups is 1. The third kappa shape index (κ3) is 5.77. The Hall–Kier alpha value is -1.94. The topological polar surface area (TPSA) is 51.2 Å². The molecule has 146 valence electrons. The Morgan fingerprint density at radius 1 is 0.926 bits per heavy atom. The van der Waals surface area contributed by atoms with E-state index in [0.29, 0.717) is 24.2 Å². The van der Waals surface area contributed by atoms with E-state index >= 15 is 0 Å². The van der Waals surface area contributed by atoms with Gasteiger partial charge in [0, 0.05) is 5.41 Å². The molecule has 27 heavy (non-hydrogen) atoms. The Kier molecular flexibility index (Phi) is 7.78. The molecule has 0 fully saturated rings. The number of aldehydes is 1. The van der Waals surface area contributed by atoms with Crippen LogP contribution in [-0.4, -0.2) is 20.5 Å². The van der Waals surface area contributed by atoms with Crippen molar-refractivity contribution in [2.45, 2.75) is 57.3 Å². The standard InChI is InChI=1S/C23H30O3S/c1-3-5-15-23(4-2,19-24)16-17-27(25,26)22-14-10-9-13-21(22)18-20-11-7-6-8-12-20/h6-14,19H,3-5,15-18H2,1-2H3. The fourth-order valence-electron chi connectivity index (χ4n) is 3.43. The van der Waals surface area contributed by atoms with Crippen molar-refractivity contribution in [2.75, 3.05) is 5.75 Å². The normalized spacial score (nSPS) is 13.9. The van der Waals surface area contributed by atoms with Crippen molar-refractivity contribution in [3.8, 4) is 0 Å². The molecule has 1 unspecified atom stereocenters. The van der Waals surface area contributed by atoms with Crippen LogP contribution in [0.25, 0.3) is 0 Å². The zero-order valence-electron chi connectivity index (χ0n) is 16.4. The summed E-state index contributed by atoms with van der Waals surface area (Å²) in [5.41, 5.74) is 1.36. The molecule has 0 aromatic heterocycles. The van der Waals surface area contributed by atoms with Gasteiger partial charge in [-0.05, 0) is 42.9 Å². The number of unbranched alkanes of at least 4 members (excludes halogenated alkanes) is 1. The lowest BCUT2D eigenvalue weighted by Crippen LogP contribution is -2.26. The highest BCUT2D eigenvalue weighted by Crippen LogP contribution is 2.32. The molecule has 0 aliphatic heterocycles. The maximum absolute atomic E-state index is 13.1. The molecule has 2 aromatic carbocycles. The monoisotopic (exact) mass is 386 g/mol. The fraction of sp³-hybridized carbons (Fsp3) is 0.435. The Labute approximate surface area is 163 Å². The summed E-state index contributed by atoms with van der Waals surface area (Å²) in [5, 5.41) is 0. The van der Waals surface area contributed by atoms with Crippen LogP contribution in [-0.2, 0) is 21.1 Å². The second kappa shape index (κ2) is 9.84. The molecule has 2 aromatic rings. The summed E-state index contributed by atoms with van der Waals surface area (Å²) in [6.45, 7) is 4.06. The van der Waals surface area contributed by atoms with Gasteiger partial charge in [-0.15, -0.1) is 0 Å². The molecule has 4 heteroatoms. The average Bonchev–Trinajstić information content (AvgIpc) is 2.70. The van der Waals surface area contributed by atoms with Gasteiger partial charge in [-0.25, -0.2) is 8.42 Å². The molecule has 0 radical (unpaired) electrons. The highest BCUT2D eigenvalue weighted by molar-refractivity contribution is 7.91. The van der Waals surface area contributed by atoms with Crippen molar-refractivity contribution in [3.63, 3.8) is 0 Å². The first-order valence-electron chi connectivity index (χ1n) is 9.77. The van der Waals surface area contributed by atoms with Gasteiger partial charge in [-0.3, -0.25) is 0 Å². The van der Waals surface area contributed by atoms with Crippen molar-refractivity contribution in [1.29, 1.82) is 0 Å². The predicted octanol–water partition coefficient (Wildman–Crippen LogP) is 5.23. The molecule has 0 saturated carbocycles. The number of carbonyl (C=O) groups is 1. The minimum Gasteiger partial charge on any atom is -0.303 e. The van der Waals surface area contributed by atoms with E-state index in [1.165, 1.54) is 0 Å². The Bertz CT molecular complexity index is 828. The van der Waals surface area contributed by atoms with Gasteiger partial charge >= 0.3 is 0 Å². The second-order valence-corrected chi connectivity index (χ2v) is 9.35. The van der Waals surface area contributed by atoms with Crippen molar-refractivity contribution in [1.82, 2.24) is 0 Å². The van der Waals surface area contributed by atoms with Gasteiger partial charge in [0.05, 0.1) is 10.6 Å². The summed E-state index contributed by atoms with van der Waals surface area (Å²) in [7, 11) is -3.45. The largest absolute Gasteiger partial charge is 0.303 e. The minimum atomic E-state index is -3.45. The molecule has 3 nitrogen and oxygen atoms in total. The van der Waals surface area contributed by atoms with Crippen LogP contribution in [0.3, 0.4) is 0 Å². The van der Waals surface area contributed by atoms with Gasteiger partial charge in [0.25, 0.3) is 0 Å². The third-order valence-corrected chi connectivity index (χ3v) is 7.21. The molecule has 0 aliphatic rings. The molecule has 1 atom stereocenters. The fourth-order valence-corrected chi connectivity index (χ4v) is 5.15. The van der Waals surface area contributed by atoms with Gasteiger partial charge in [-0.2, -0.15) is 0 Å². The SMILES string of the molecule is CCCCC(C=O)(CC)CCS(=O)(=O)c1ccccc1Cc1ccccc1. The summed E-state index contributed by atoms with van der Waals surface area (Å²) in [4.78, 5) is 12.1. The summed E-state index contributed by atoms with van der Waals surface area (Å²) < 4.78 is 26.2. The van der Waals surface area contributed by atoms with Crippen LogP contribution < -0.4 is 0 Å². The highest BCUT2D eigenvalue weighted by atomic mass is 32.2. The van der Waals surface area contributed by atoms with Crippen LogP contribution in [0, 0.1) is 5.41 Å². The predicted molar refractivity (Wildman–Crippen MR) is 111 cm³/mol. The zero-order valence-corrected chi connectivity index (χ0v) is 17.2. The molecule has 0 aliphatic carbocycles. The van der Waals surface area contributed by atoms with E-state index in [1.54, 1.807) is 12.1 Å². The average molecular weight is 387 g/mol. The van der Waals surface area contributed by atoms with E-state index in [-0.39, 0.29) is 5.75 Å². The zero-order chi connectivity index (χ0) is 19.8. The van der Waals surface area contributed by atoms with E-state index in [4.69, 9.17) is 0 Å². The van der Waals surface area contributed by atoms with Crippen LogP contribution >= 0.6 is 0 Å². The van der Waals surface area contributed by atoms with Gasteiger partial charge < -0.3 is 4.79 Å². The lowest BCUT2D eigenvalue weighted by molar-refractivity contribution is -0.117. The minimum absolute atomic E-state index is 0.00903. The number of hydrogen-bond donors (Lipinski definition) is 0. The van der Waals surface area contributed by atoms with E-state index < -0.39 is 15.3 Å². The Morgan fingerprint density at radius 3 is 2.22 bits per heavy atom. The lowest BCUT2D eigenvalue weighted by atomic mass is 9.79. The Morgan fingerprint density at radius 2 is 1.59 bits per heavy atom. The Balaban J connectivity index is 2.22. The van der Waals surface area contributed by atoms with Crippen LogP contribution in [0.5, 0.6) is 0 Å². The van der Waals surface area contributed by atoms with Crippen molar-refractivity contribution >= 4 is 16.1 Å². The number of benzene rings is 2. The van der Waals surface area contributed by atoms with E-state index in [1.807, 2.05) is 49.4 Å². The summed E-state index contributed by atoms with van der Waals surface area (Å²) in [5.74, 6) is 0.00903. The second-order valence-electron chi connectivity index (χ2n) is 7.28. The molecule has 0 heterocycles. The highest BCUT2D eigenvalue weighted by Gasteiger charge is 2.30. The lowest BCUT2D eigenvalue weighted by Gasteiger charge is -2.26. The first kappa shape index (κ1) is 21.4. The first-order valence-corrected chi connectivity index (χ1v) is 11.4. The summed E-state index contributed by atoms with van der Waals surface area (Å²) >= 11 is 0. The van der Waals surface area contributed by atoms with Gasteiger partial charge in [0.15, 0.2) is 9.84 Å². The summed E-state index contributed by atoms with van der Waals surface area (Å²) in [6.07, 6.45) is 5.32. The number of hydrogen-bond acceptors (Lipinski definition) is 3. The smallest absolute Gasteiger partial charge is 0.178 e. The van der Waals surface area contributed by atoms with Gasteiger partial charge in [0.2, 0.25) is 0 Å². The van der Waals surface area contributed by atoms with Crippen LogP contribution in [0.2, 0.25) is 0 Å². The van der Waals surface area contributed by atoms with Gasteiger partial charge in [0.1, 0.15) is 6.29 Å². The molecular weight excluding hydrogens is 356 g/mol. The molecule has 0 bridgehead atoms. The van der Waals surface area contributed by atoms with Crippen molar-refractivity contribution in [3.05, 3.63) is 65.7 Å². The van der Waals surface area contributed by atoms with E-state index in [9.17, 15) is 13.2 Å². The number of carbonyl (C=O) groups excluding carboxylic acids is 1. The van der Waals surface area contributed by atoms with E-state index in [0.717, 1.165) is 36.7 Å². The molecule has 0 saturated heterocycles.